The van der Waals surface area contributed by atoms with Gasteiger partial charge in [0.1, 0.15) is 0 Å². The molecule has 2 heterocycles. The Kier molecular flexibility index (Phi) is 9.48. The number of hydrogen-bond donors (Lipinski definition) is 1. The van der Waals surface area contributed by atoms with Crippen molar-refractivity contribution in [3.8, 4) is 0 Å². The van der Waals surface area contributed by atoms with Crippen LogP contribution in [0, 0.1) is 5.92 Å². The minimum absolute atomic E-state index is 0.0112. The number of piperidine rings is 1. The number of thioether (sulfide) groups is 2. The van der Waals surface area contributed by atoms with Gasteiger partial charge in [-0.15, -0.1) is 10.2 Å². The molecule has 0 atom stereocenters. The van der Waals surface area contributed by atoms with Gasteiger partial charge in [-0.05, 0) is 37.2 Å². The Morgan fingerprint density at radius 1 is 1.10 bits per heavy atom. The van der Waals surface area contributed by atoms with E-state index in [-0.39, 0.29) is 11.8 Å². The summed E-state index contributed by atoms with van der Waals surface area (Å²) in [6, 6.07) is 10.6. The standard InChI is InChI=1S/C21H28N4O2S3/c1-2-10-22-18(26)14-28-20-23-24-21(30-20)29-15-19(27)25-11-8-17(9-12-25)13-16-6-4-3-5-7-16/h3-7,17H,2,8-15H2,1H3,(H,22,26). The van der Waals surface area contributed by atoms with Crippen LogP contribution in [0.2, 0.25) is 0 Å². The topological polar surface area (TPSA) is 75.2 Å². The van der Waals surface area contributed by atoms with Crippen LogP contribution in [0.25, 0.3) is 0 Å². The summed E-state index contributed by atoms with van der Waals surface area (Å²) in [6.07, 6.45) is 4.14. The molecule has 0 aliphatic carbocycles. The molecule has 2 aromatic rings. The Morgan fingerprint density at radius 2 is 1.77 bits per heavy atom. The molecule has 0 saturated carbocycles. The van der Waals surface area contributed by atoms with Crippen LogP contribution in [0.1, 0.15) is 31.7 Å². The molecule has 0 radical (unpaired) electrons. The molecule has 162 valence electrons. The molecule has 1 N–H and O–H groups in total. The van der Waals surface area contributed by atoms with E-state index >= 15 is 0 Å². The second kappa shape index (κ2) is 12.3. The van der Waals surface area contributed by atoms with Crippen LogP contribution >= 0.6 is 34.9 Å². The van der Waals surface area contributed by atoms with Crippen molar-refractivity contribution < 1.29 is 9.59 Å². The molecule has 0 unspecified atom stereocenters. The van der Waals surface area contributed by atoms with E-state index in [9.17, 15) is 9.59 Å². The van der Waals surface area contributed by atoms with Gasteiger partial charge in [0, 0.05) is 19.6 Å². The van der Waals surface area contributed by atoms with Crippen molar-refractivity contribution in [2.75, 3.05) is 31.1 Å². The zero-order valence-electron chi connectivity index (χ0n) is 17.2. The van der Waals surface area contributed by atoms with Gasteiger partial charge in [-0.1, -0.05) is 72.1 Å². The van der Waals surface area contributed by atoms with Gasteiger partial charge in [0.25, 0.3) is 0 Å². The van der Waals surface area contributed by atoms with Gasteiger partial charge >= 0.3 is 0 Å². The molecule has 1 aromatic heterocycles. The molecule has 6 nitrogen and oxygen atoms in total. The highest BCUT2D eigenvalue weighted by Crippen LogP contribution is 2.29. The third kappa shape index (κ3) is 7.59. The second-order valence-electron chi connectivity index (χ2n) is 7.28. The fourth-order valence-corrected chi connectivity index (χ4v) is 6.06. The molecular formula is C21H28N4O2S3. The number of hydrogen-bond acceptors (Lipinski definition) is 7. The molecule has 9 heteroatoms. The molecule has 1 aliphatic rings. The fourth-order valence-electron chi connectivity index (χ4n) is 3.31. The van der Waals surface area contributed by atoms with Gasteiger partial charge in [-0.3, -0.25) is 9.59 Å². The predicted octanol–water partition coefficient (Wildman–Crippen LogP) is 3.73. The smallest absolute Gasteiger partial charge is 0.233 e. The van der Waals surface area contributed by atoms with Gasteiger partial charge in [0.15, 0.2) is 8.68 Å². The number of amides is 2. The Morgan fingerprint density at radius 3 is 2.43 bits per heavy atom. The van der Waals surface area contributed by atoms with Crippen molar-refractivity contribution in [1.29, 1.82) is 0 Å². The molecule has 2 amide bonds. The minimum atomic E-state index is 0.0112. The van der Waals surface area contributed by atoms with E-state index in [2.05, 4.69) is 39.8 Å². The number of carbonyl (C=O) groups excluding carboxylic acids is 2. The van der Waals surface area contributed by atoms with E-state index in [0.29, 0.717) is 24.0 Å². The predicted molar refractivity (Wildman–Crippen MR) is 124 cm³/mol. The third-order valence-corrected chi connectivity index (χ3v) is 8.12. The number of aromatic nitrogens is 2. The molecule has 1 saturated heterocycles. The van der Waals surface area contributed by atoms with E-state index in [1.807, 2.05) is 17.9 Å². The van der Waals surface area contributed by atoms with Gasteiger partial charge in [0.05, 0.1) is 11.5 Å². The Hall–Kier alpha value is -1.58. The van der Waals surface area contributed by atoms with Crippen molar-refractivity contribution in [1.82, 2.24) is 20.4 Å². The van der Waals surface area contributed by atoms with Crippen LogP contribution in [0.5, 0.6) is 0 Å². The summed E-state index contributed by atoms with van der Waals surface area (Å²) in [4.78, 5) is 26.2. The van der Waals surface area contributed by atoms with E-state index in [0.717, 1.165) is 47.5 Å². The molecular weight excluding hydrogens is 436 g/mol. The number of nitrogens with zero attached hydrogens (tertiary/aromatic N) is 3. The average molecular weight is 465 g/mol. The Bertz CT molecular complexity index is 808. The second-order valence-corrected chi connectivity index (χ2v) is 10.7. The molecule has 0 spiro atoms. The maximum atomic E-state index is 12.6. The Labute approximate surface area is 190 Å². The third-order valence-electron chi connectivity index (χ3n) is 4.94. The SMILES string of the molecule is CCCNC(=O)CSc1nnc(SCC(=O)N2CCC(Cc3ccccc3)CC2)s1. The lowest BCUT2D eigenvalue weighted by molar-refractivity contribution is -0.129. The highest BCUT2D eigenvalue weighted by molar-refractivity contribution is 8.03. The van der Waals surface area contributed by atoms with Crippen LogP contribution in [-0.4, -0.2) is 58.1 Å². The number of rotatable bonds is 10. The van der Waals surface area contributed by atoms with Gasteiger partial charge < -0.3 is 10.2 Å². The first-order chi connectivity index (χ1) is 14.6. The van der Waals surface area contributed by atoms with Crippen LogP contribution in [0.4, 0.5) is 0 Å². The van der Waals surface area contributed by atoms with Crippen molar-refractivity contribution in [2.24, 2.45) is 5.92 Å². The largest absolute Gasteiger partial charge is 0.355 e. The van der Waals surface area contributed by atoms with Gasteiger partial charge in [0.2, 0.25) is 11.8 Å². The van der Waals surface area contributed by atoms with Gasteiger partial charge in [-0.25, -0.2) is 0 Å². The molecule has 1 aromatic carbocycles. The fraction of sp³-hybridized carbons (Fsp3) is 0.524. The van der Waals surface area contributed by atoms with E-state index in [1.54, 1.807) is 0 Å². The lowest BCUT2D eigenvalue weighted by atomic mass is 9.90. The lowest BCUT2D eigenvalue weighted by Gasteiger charge is -2.32. The minimum Gasteiger partial charge on any atom is -0.355 e. The highest BCUT2D eigenvalue weighted by Gasteiger charge is 2.23. The summed E-state index contributed by atoms with van der Waals surface area (Å²) in [6.45, 7) is 4.39. The van der Waals surface area contributed by atoms with Crippen LogP contribution in [0.3, 0.4) is 0 Å². The molecule has 30 heavy (non-hydrogen) atoms. The molecule has 0 bridgehead atoms. The lowest BCUT2D eigenvalue weighted by Crippen LogP contribution is -2.39. The summed E-state index contributed by atoms with van der Waals surface area (Å²) < 4.78 is 1.54. The number of carbonyl (C=O) groups is 2. The first-order valence-corrected chi connectivity index (χ1v) is 13.1. The zero-order valence-corrected chi connectivity index (χ0v) is 19.7. The average Bonchev–Trinajstić information content (AvgIpc) is 3.24. The van der Waals surface area contributed by atoms with E-state index in [1.165, 1.54) is 40.4 Å². The number of nitrogens with one attached hydrogen (secondary N) is 1. The normalized spacial score (nSPS) is 14.6. The summed E-state index contributed by atoms with van der Waals surface area (Å²) in [5.74, 6) is 1.57. The summed E-state index contributed by atoms with van der Waals surface area (Å²) >= 11 is 4.26. The van der Waals surface area contributed by atoms with Crippen LogP contribution in [-0.2, 0) is 16.0 Å². The van der Waals surface area contributed by atoms with E-state index in [4.69, 9.17) is 0 Å². The summed E-state index contributed by atoms with van der Waals surface area (Å²) in [5.41, 5.74) is 1.38. The first kappa shape index (κ1) is 23.1. The molecule has 3 rings (SSSR count). The van der Waals surface area contributed by atoms with Crippen molar-refractivity contribution in [2.45, 2.75) is 41.3 Å². The van der Waals surface area contributed by atoms with Crippen molar-refractivity contribution >= 4 is 46.7 Å². The summed E-state index contributed by atoms with van der Waals surface area (Å²) in [7, 11) is 0. The maximum absolute atomic E-state index is 12.6. The monoisotopic (exact) mass is 464 g/mol. The Balaban J connectivity index is 1.35. The van der Waals surface area contributed by atoms with Crippen LogP contribution in [0.15, 0.2) is 39.0 Å². The molecule has 1 aliphatic heterocycles. The quantitative estimate of drug-likeness (QED) is 0.540. The van der Waals surface area contributed by atoms with Gasteiger partial charge in [-0.2, -0.15) is 0 Å². The van der Waals surface area contributed by atoms with Crippen molar-refractivity contribution in [3.63, 3.8) is 0 Å². The van der Waals surface area contributed by atoms with E-state index < -0.39 is 0 Å². The maximum Gasteiger partial charge on any atom is 0.233 e. The zero-order chi connectivity index (χ0) is 21.2. The highest BCUT2D eigenvalue weighted by atomic mass is 32.2. The van der Waals surface area contributed by atoms with Crippen molar-refractivity contribution in [3.05, 3.63) is 35.9 Å². The first-order valence-electron chi connectivity index (χ1n) is 10.3. The number of likely N-dealkylation sites (tertiary alicyclic amines) is 1. The summed E-state index contributed by atoms with van der Waals surface area (Å²) in [5, 5.41) is 11.1. The van der Waals surface area contributed by atoms with Crippen LogP contribution < -0.4 is 5.32 Å². The molecule has 1 fully saturated rings. The number of benzene rings is 1.